The SMILES string of the molecule is Cc1ccc(C(c2sc3ncnn3c2O)N2CCCCCC2)o1. The summed E-state index contributed by atoms with van der Waals surface area (Å²) in [6.45, 7) is 3.97. The van der Waals surface area contributed by atoms with Crippen molar-refractivity contribution in [1.29, 1.82) is 0 Å². The van der Waals surface area contributed by atoms with E-state index in [0.29, 0.717) is 4.96 Å². The monoisotopic (exact) mass is 332 g/mol. The Kier molecular flexibility index (Phi) is 3.82. The minimum absolute atomic E-state index is 0.0738. The van der Waals surface area contributed by atoms with E-state index >= 15 is 0 Å². The van der Waals surface area contributed by atoms with Crippen LogP contribution in [0.3, 0.4) is 0 Å². The standard InChI is InChI=1S/C16H20N4O2S/c1-11-6-7-12(22-11)13(19-8-4-2-3-5-9-19)14-15(21)20-16(23-14)17-10-18-20/h6-7,10,13,21H,2-5,8-9H2,1H3. The van der Waals surface area contributed by atoms with E-state index in [1.165, 1.54) is 47.9 Å². The Labute approximate surface area is 138 Å². The molecule has 0 saturated carbocycles. The van der Waals surface area contributed by atoms with Crippen LogP contribution < -0.4 is 0 Å². The Balaban J connectivity index is 1.80. The second-order valence-corrected chi connectivity index (χ2v) is 7.05. The molecule has 0 amide bonds. The Morgan fingerprint density at radius 2 is 2.00 bits per heavy atom. The number of hydrogen-bond acceptors (Lipinski definition) is 6. The van der Waals surface area contributed by atoms with Crippen LogP contribution in [0.2, 0.25) is 0 Å². The largest absolute Gasteiger partial charge is 0.492 e. The number of rotatable bonds is 3. The molecule has 1 saturated heterocycles. The van der Waals surface area contributed by atoms with Crippen molar-refractivity contribution < 1.29 is 9.52 Å². The number of aromatic hydroxyl groups is 1. The summed E-state index contributed by atoms with van der Waals surface area (Å²) in [6, 6.07) is 3.92. The van der Waals surface area contributed by atoms with E-state index in [2.05, 4.69) is 15.0 Å². The number of fused-ring (bicyclic) bond motifs is 1. The molecular weight excluding hydrogens is 312 g/mol. The van der Waals surface area contributed by atoms with Gasteiger partial charge in [0.1, 0.15) is 23.9 Å². The van der Waals surface area contributed by atoms with Crippen LogP contribution in [0.1, 0.15) is 48.1 Å². The van der Waals surface area contributed by atoms with Crippen molar-refractivity contribution >= 4 is 16.3 Å². The first-order valence-electron chi connectivity index (χ1n) is 8.06. The summed E-state index contributed by atoms with van der Waals surface area (Å²) in [7, 11) is 0. The van der Waals surface area contributed by atoms with E-state index in [1.54, 1.807) is 0 Å². The van der Waals surface area contributed by atoms with E-state index < -0.39 is 0 Å². The van der Waals surface area contributed by atoms with Gasteiger partial charge in [0.15, 0.2) is 0 Å². The number of hydrogen-bond donors (Lipinski definition) is 1. The highest BCUT2D eigenvalue weighted by Crippen LogP contribution is 2.40. The molecule has 3 aromatic heterocycles. The molecule has 1 atom stereocenters. The molecular formula is C16H20N4O2S. The molecule has 0 bridgehead atoms. The molecule has 0 spiro atoms. The van der Waals surface area contributed by atoms with E-state index in [0.717, 1.165) is 29.5 Å². The second-order valence-electron chi connectivity index (χ2n) is 6.05. The lowest BCUT2D eigenvalue weighted by atomic mass is 10.1. The molecule has 6 nitrogen and oxygen atoms in total. The normalized spacial score (nSPS) is 18.3. The van der Waals surface area contributed by atoms with E-state index in [9.17, 15) is 5.11 Å². The van der Waals surface area contributed by atoms with Crippen LogP contribution in [0.4, 0.5) is 0 Å². The third-order valence-electron chi connectivity index (χ3n) is 4.42. The van der Waals surface area contributed by atoms with Crippen LogP contribution in [0.25, 0.3) is 4.96 Å². The molecule has 3 aromatic rings. The molecule has 7 heteroatoms. The van der Waals surface area contributed by atoms with E-state index in [1.807, 2.05) is 19.1 Å². The average molecular weight is 332 g/mol. The van der Waals surface area contributed by atoms with E-state index in [4.69, 9.17) is 4.42 Å². The molecule has 1 fully saturated rings. The fourth-order valence-electron chi connectivity index (χ4n) is 3.30. The predicted octanol–water partition coefficient (Wildman–Crippen LogP) is 3.36. The summed E-state index contributed by atoms with van der Waals surface area (Å²) >= 11 is 1.48. The fraction of sp³-hybridized carbons (Fsp3) is 0.500. The Hall–Kier alpha value is -1.86. The van der Waals surface area contributed by atoms with Crippen LogP contribution >= 0.6 is 11.3 Å². The summed E-state index contributed by atoms with van der Waals surface area (Å²) in [4.78, 5) is 8.19. The topological polar surface area (TPSA) is 66.8 Å². The molecule has 4 rings (SSSR count). The maximum absolute atomic E-state index is 10.6. The highest BCUT2D eigenvalue weighted by Gasteiger charge is 2.31. The zero-order valence-corrected chi connectivity index (χ0v) is 13.9. The molecule has 4 heterocycles. The summed E-state index contributed by atoms with van der Waals surface area (Å²) in [5.74, 6) is 1.94. The van der Waals surface area contributed by atoms with Crippen molar-refractivity contribution in [3.8, 4) is 5.88 Å². The lowest BCUT2D eigenvalue weighted by Gasteiger charge is -2.28. The average Bonchev–Trinajstić information content (AvgIpc) is 3.16. The molecule has 0 radical (unpaired) electrons. The Morgan fingerprint density at radius 3 is 2.65 bits per heavy atom. The van der Waals surface area contributed by atoms with Gasteiger partial charge in [-0.2, -0.15) is 9.61 Å². The van der Waals surface area contributed by atoms with Crippen molar-refractivity contribution in [2.45, 2.75) is 38.6 Å². The summed E-state index contributed by atoms with van der Waals surface area (Å²) in [5, 5.41) is 14.7. The molecule has 1 aliphatic rings. The van der Waals surface area contributed by atoms with Gasteiger partial charge in [-0.05, 0) is 45.0 Å². The molecule has 23 heavy (non-hydrogen) atoms. The summed E-state index contributed by atoms with van der Waals surface area (Å²) < 4.78 is 7.43. The second kappa shape index (κ2) is 5.98. The van der Waals surface area contributed by atoms with Crippen molar-refractivity contribution in [3.63, 3.8) is 0 Å². The van der Waals surface area contributed by atoms with Crippen molar-refractivity contribution in [1.82, 2.24) is 19.5 Å². The molecule has 122 valence electrons. The highest BCUT2D eigenvalue weighted by molar-refractivity contribution is 7.17. The van der Waals surface area contributed by atoms with Gasteiger partial charge in [-0.3, -0.25) is 4.90 Å². The van der Waals surface area contributed by atoms with Gasteiger partial charge in [-0.1, -0.05) is 24.2 Å². The highest BCUT2D eigenvalue weighted by atomic mass is 32.1. The van der Waals surface area contributed by atoms with Gasteiger partial charge in [-0.25, -0.2) is 4.98 Å². The van der Waals surface area contributed by atoms with Crippen molar-refractivity contribution in [3.05, 3.63) is 34.9 Å². The predicted molar refractivity (Wildman–Crippen MR) is 87.9 cm³/mol. The van der Waals surface area contributed by atoms with Gasteiger partial charge >= 0.3 is 0 Å². The maximum Gasteiger partial charge on any atom is 0.230 e. The molecule has 0 aromatic carbocycles. The van der Waals surface area contributed by atoms with Gasteiger partial charge in [0.05, 0.1) is 4.88 Å². The van der Waals surface area contributed by atoms with E-state index in [-0.39, 0.29) is 11.9 Å². The fourth-order valence-corrected chi connectivity index (χ4v) is 4.37. The number of aromatic nitrogens is 3. The quantitative estimate of drug-likeness (QED) is 0.796. The lowest BCUT2D eigenvalue weighted by Crippen LogP contribution is -2.30. The Morgan fingerprint density at radius 1 is 1.22 bits per heavy atom. The minimum Gasteiger partial charge on any atom is -0.492 e. The number of nitrogens with zero attached hydrogens (tertiary/aromatic N) is 4. The van der Waals surface area contributed by atoms with Crippen LogP contribution in [0.5, 0.6) is 5.88 Å². The number of likely N-dealkylation sites (tertiary alicyclic amines) is 1. The van der Waals surface area contributed by atoms with Crippen LogP contribution in [0.15, 0.2) is 22.9 Å². The first kappa shape index (κ1) is 14.7. The molecule has 1 N–H and O–H groups in total. The van der Waals surface area contributed by atoms with Gasteiger partial charge in [-0.15, -0.1) is 0 Å². The smallest absolute Gasteiger partial charge is 0.230 e. The zero-order chi connectivity index (χ0) is 15.8. The third-order valence-corrected chi connectivity index (χ3v) is 5.51. The van der Waals surface area contributed by atoms with Gasteiger partial charge in [0.2, 0.25) is 10.8 Å². The molecule has 1 aliphatic heterocycles. The van der Waals surface area contributed by atoms with Gasteiger partial charge in [0, 0.05) is 0 Å². The third kappa shape index (κ3) is 2.64. The number of thiazole rings is 1. The summed E-state index contributed by atoms with van der Waals surface area (Å²) in [5.41, 5.74) is 0. The summed E-state index contributed by atoms with van der Waals surface area (Å²) in [6.07, 6.45) is 6.35. The zero-order valence-electron chi connectivity index (χ0n) is 13.1. The number of furan rings is 1. The molecule has 0 aliphatic carbocycles. The number of aryl methyl sites for hydroxylation is 1. The first-order chi connectivity index (χ1) is 11.2. The molecule has 1 unspecified atom stereocenters. The van der Waals surface area contributed by atoms with Gasteiger partial charge in [0.25, 0.3) is 0 Å². The van der Waals surface area contributed by atoms with Crippen LogP contribution in [0, 0.1) is 6.92 Å². The van der Waals surface area contributed by atoms with Crippen molar-refractivity contribution in [2.24, 2.45) is 0 Å². The maximum atomic E-state index is 10.6. The Bertz CT molecular complexity index is 798. The first-order valence-corrected chi connectivity index (χ1v) is 8.87. The van der Waals surface area contributed by atoms with Gasteiger partial charge < -0.3 is 9.52 Å². The minimum atomic E-state index is -0.0738. The van der Waals surface area contributed by atoms with Crippen molar-refractivity contribution in [2.75, 3.05) is 13.1 Å². The lowest BCUT2D eigenvalue weighted by molar-refractivity contribution is 0.208. The van der Waals surface area contributed by atoms with Crippen LogP contribution in [-0.2, 0) is 0 Å². The van der Waals surface area contributed by atoms with Crippen LogP contribution in [-0.4, -0.2) is 37.7 Å².